The minimum Gasteiger partial charge on any atom is -0.406 e. The minimum atomic E-state index is -0.572. The van der Waals surface area contributed by atoms with E-state index in [1.54, 1.807) is 24.1 Å². The number of aromatic amines is 1. The quantitative estimate of drug-likeness (QED) is 0.266. The topological polar surface area (TPSA) is 130 Å². The normalized spacial score (nSPS) is 17.2. The average Bonchev–Trinajstić information content (AvgIpc) is 3.66. The summed E-state index contributed by atoms with van der Waals surface area (Å²) in [6.45, 7) is 4.86. The number of ether oxygens (including phenoxy) is 1. The van der Waals surface area contributed by atoms with E-state index in [9.17, 15) is 9.59 Å². The molecule has 1 aliphatic rings. The first-order valence-electron chi connectivity index (χ1n) is 13.5. The molecule has 5 aromatic rings. The summed E-state index contributed by atoms with van der Waals surface area (Å²) in [5, 5.41) is 11.1. The van der Waals surface area contributed by atoms with Crippen LogP contribution in [0.5, 0.6) is 0 Å². The van der Waals surface area contributed by atoms with E-state index in [1.165, 1.54) is 5.56 Å². The summed E-state index contributed by atoms with van der Waals surface area (Å²) in [7, 11) is 1.70. The smallest absolute Gasteiger partial charge is 0.406 e. The van der Waals surface area contributed by atoms with Gasteiger partial charge in [0.05, 0.1) is 24.0 Å². The summed E-state index contributed by atoms with van der Waals surface area (Å²) < 4.78 is 12.2. The van der Waals surface area contributed by atoms with Gasteiger partial charge in [-0.2, -0.15) is 5.10 Å². The predicted octanol–water partition coefficient (Wildman–Crippen LogP) is 3.91. The number of nitrogens with one attached hydrogen (secondary N) is 3. The summed E-state index contributed by atoms with van der Waals surface area (Å²) in [6, 6.07) is 21.2. The molecule has 4 heterocycles. The van der Waals surface area contributed by atoms with Crippen LogP contribution in [0.4, 0.5) is 10.6 Å². The first-order valence-corrected chi connectivity index (χ1v) is 13.5. The Morgan fingerprint density at radius 3 is 2.63 bits per heavy atom. The molecular weight excluding hydrogens is 522 g/mol. The lowest BCUT2D eigenvalue weighted by Crippen LogP contribution is -2.42. The number of methoxy groups -OCH3 is 1. The molecule has 11 nitrogen and oxygen atoms in total. The highest BCUT2D eigenvalue weighted by Gasteiger charge is 2.35. The van der Waals surface area contributed by atoms with E-state index in [0.717, 1.165) is 24.3 Å². The molecule has 11 heteroatoms. The number of anilines is 1. The van der Waals surface area contributed by atoms with Crippen LogP contribution >= 0.6 is 0 Å². The maximum absolute atomic E-state index is 13.6. The SMILES string of the molecule is COCCN1C[C@@H](NC(=O)Nc2c(C)c(-c3cnc4[nH]c(=O)oc4c3)nn2-c2ccccc2)[C@H](c2ccccc2)C1. The van der Waals surface area contributed by atoms with Crippen LogP contribution in [-0.4, -0.2) is 70.1 Å². The largest absolute Gasteiger partial charge is 0.418 e. The molecule has 0 spiro atoms. The van der Waals surface area contributed by atoms with Gasteiger partial charge in [-0.15, -0.1) is 0 Å². The van der Waals surface area contributed by atoms with Gasteiger partial charge in [-0.25, -0.2) is 19.3 Å². The van der Waals surface area contributed by atoms with Crippen LogP contribution in [0.3, 0.4) is 0 Å². The van der Waals surface area contributed by atoms with Crippen LogP contribution < -0.4 is 16.4 Å². The summed E-state index contributed by atoms with van der Waals surface area (Å²) in [6.07, 6.45) is 1.62. The number of aromatic nitrogens is 4. The molecule has 0 bridgehead atoms. The van der Waals surface area contributed by atoms with Gasteiger partial charge < -0.3 is 14.5 Å². The van der Waals surface area contributed by atoms with Crippen molar-refractivity contribution in [1.29, 1.82) is 0 Å². The Hall–Kier alpha value is -4.74. The summed E-state index contributed by atoms with van der Waals surface area (Å²) in [4.78, 5) is 34.4. The Labute approximate surface area is 236 Å². The fraction of sp³-hybridized carbons (Fsp3) is 0.267. The Balaban J connectivity index is 1.30. The number of rotatable bonds is 8. The van der Waals surface area contributed by atoms with Crippen molar-refractivity contribution in [2.24, 2.45) is 0 Å². The van der Waals surface area contributed by atoms with Gasteiger partial charge >= 0.3 is 11.8 Å². The molecular formula is C30H31N7O4. The zero-order valence-corrected chi connectivity index (χ0v) is 22.8. The number of oxazole rings is 1. The summed E-state index contributed by atoms with van der Waals surface area (Å²) in [5.74, 6) is 0.102. The second-order valence-corrected chi connectivity index (χ2v) is 10.1. The molecule has 2 aromatic carbocycles. The lowest BCUT2D eigenvalue weighted by Gasteiger charge is -2.21. The standard InChI is InChI=1S/C30H31N7O4/c1-19-26(21-15-25-27(31-16-21)33-30(39)41-25)35-37(22-11-7-4-8-12-22)28(19)34-29(38)32-24-18-36(13-14-40-2)17-23(24)20-9-5-3-6-10-20/h3-12,15-16,23-24H,13-14,17-18H2,1-2H3,(H,31,33,39)(H2,32,34,38)/t23-,24+/m0/s1. The Morgan fingerprint density at radius 1 is 1.12 bits per heavy atom. The predicted molar refractivity (Wildman–Crippen MR) is 155 cm³/mol. The Bertz CT molecular complexity index is 1710. The minimum absolute atomic E-state index is 0.0924. The van der Waals surface area contributed by atoms with Crippen molar-refractivity contribution in [3.05, 3.63) is 94.6 Å². The fourth-order valence-electron chi connectivity index (χ4n) is 5.43. The molecule has 3 aromatic heterocycles. The number of hydrogen-bond donors (Lipinski definition) is 3. The van der Waals surface area contributed by atoms with Gasteiger partial charge in [0.15, 0.2) is 11.2 Å². The van der Waals surface area contributed by atoms with Crippen molar-refractivity contribution < 1.29 is 13.9 Å². The molecule has 1 fully saturated rings. The van der Waals surface area contributed by atoms with E-state index in [2.05, 4.69) is 37.6 Å². The molecule has 2 atom stereocenters. The Morgan fingerprint density at radius 2 is 1.88 bits per heavy atom. The number of carbonyl (C=O) groups is 1. The van der Waals surface area contributed by atoms with Crippen molar-refractivity contribution in [1.82, 2.24) is 30.0 Å². The van der Waals surface area contributed by atoms with Gasteiger partial charge in [-0.1, -0.05) is 48.5 Å². The molecule has 210 valence electrons. The number of fused-ring (bicyclic) bond motifs is 1. The first kappa shape index (κ1) is 26.5. The Kier molecular flexibility index (Phi) is 7.36. The van der Waals surface area contributed by atoms with Crippen molar-refractivity contribution in [2.45, 2.75) is 18.9 Å². The van der Waals surface area contributed by atoms with Crippen LogP contribution in [0.15, 0.2) is 82.1 Å². The van der Waals surface area contributed by atoms with Crippen LogP contribution in [0.1, 0.15) is 17.0 Å². The fourth-order valence-corrected chi connectivity index (χ4v) is 5.43. The average molecular weight is 554 g/mol. The highest BCUT2D eigenvalue weighted by molar-refractivity contribution is 5.91. The molecule has 0 saturated carbocycles. The number of hydrogen-bond acceptors (Lipinski definition) is 7. The molecule has 0 unspecified atom stereocenters. The molecule has 2 amide bonds. The van der Waals surface area contributed by atoms with Crippen molar-refractivity contribution in [2.75, 3.05) is 38.7 Å². The lowest BCUT2D eigenvalue weighted by molar-refractivity contribution is 0.159. The van der Waals surface area contributed by atoms with E-state index in [1.807, 2.05) is 55.5 Å². The number of urea groups is 1. The number of pyridine rings is 1. The molecule has 1 saturated heterocycles. The van der Waals surface area contributed by atoms with Crippen LogP contribution in [0, 0.1) is 6.92 Å². The number of nitrogens with zero attached hydrogens (tertiary/aromatic N) is 4. The third-order valence-electron chi connectivity index (χ3n) is 7.46. The lowest BCUT2D eigenvalue weighted by atomic mass is 9.94. The number of carbonyl (C=O) groups excluding carboxylic acids is 1. The zero-order valence-electron chi connectivity index (χ0n) is 22.8. The van der Waals surface area contributed by atoms with Gasteiger partial charge in [-0.05, 0) is 30.7 Å². The van der Waals surface area contributed by atoms with Crippen molar-refractivity contribution >= 4 is 23.1 Å². The first-order chi connectivity index (χ1) is 20.0. The molecule has 0 radical (unpaired) electrons. The van der Waals surface area contributed by atoms with Gasteiger partial charge in [0.1, 0.15) is 5.82 Å². The second-order valence-electron chi connectivity index (χ2n) is 10.1. The van der Waals surface area contributed by atoms with Gasteiger partial charge in [0.2, 0.25) is 0 Å². The molecule has 0 aliphatic carbocycles. The van der Waals surface area contributed by atoms with E-state index in [0.29, 0.717) is 41.5 Å². The third-order valence-corrected chi connectivity index (χ3v) is 7.46. The van der Waals surface area contributed by atoms with E-state index >= 15 is 0 Å². The number of likely N-dealkylation sites (tertiary alicyclic amines) is 1. The maximum Gasteiger partial charge on any atom is 0.418 e. The van der Waals surface area contributed by atoms with Crippen LogP contribution in [0.2, 0.25) is 0 Å². The van der Waals surface area contributed by atoms with Crippen LogP contribution in [0.25, 0.3) is 28.2 Å². The number of H-pyrrole nitrogens is 1. The molecule has 41 heavy (non-hydrogen) atoms. The van der Waals surface area contributed by atoms with Crippen molar-refractivity contribution in [3.8, 4) is 16.9 Å². The third kappa shape index (κ3) is 5.49. The highest BCUT2D eigenvalue weighted by Crippen LogP contribution is 2.32. The number of amides is 2. The molecule has 6 rings (SSSR count). The van der Waals surface area contributed by atoms with Gasteiger partial charge in [0, 0.05) is 50.0 Å². The summed E-state index contributed by atoms with van der Waals surface area (Å²) in [5.41, 5.74) is 4.68. The van der Waals surface area contributed by atoms with Gasteiger partial charge in [0.25, 0.3) is 0 Å². The summed E-state index contributed by atoms with van der Waals surface area (Å²) >= 11 is 0. The maximum atomic E-state index is 13.6. The molecule has 3 N–H and O–H groups in total. The van der Waals surface area contributed by atoms with E-state index in [-0.39, 0.29) is 18.0 Å². The number of benzene rings is 2. The highest BCUT2D eigenvalue weighted by atomic mass is 16.5. The zero-order chi connectivity index (χ0) is 28.3. The van der Waals surface area contributed by atoms with Crippen LogP contribution in [-0.2, 0) is 4.74 Å². The second kappa shape index (κ2) is 11.4. The number of para-hydroxylation sites is 1. The van der Waals surface area contributed by atoms with Gasteiger partial charge in [-0.3, -0.25) is 15.2 Å². The van der Waals surface area contributed by atoms with Crippen molar-refractivity contribution in [3.63, 3.8) is 0 Å². The monoisotopic (exact) mass is 553 g/mol. The molecule has 1 aliphatic heterocycles. The van der Waals surface area contributed by atoms with E-state index < -0.39 is 5.76 Å². The van der Waals surface area contributed by atoms with E-state index in [4.69, 9.17) is 14.3 Å².